The van der Waals surface area contributed by atoms with Gasteiger partial charge in [0.2, 0.25) is 0 Å². The molecular formula is C14H11FN2O. The van der Waals surface area contributed by atoms with Crippen LogP contribution in [0.15, 0.2) is 42.5 Å². The Morgan fingerprint density at radius 2 is 1.89 bits per heavy atom. The number of hydrogen-bond acceptors (Lipinski definition) is 3. The van der Waals surface area contributed by atoms with Crippen molar-refractivity contribution in [1.29, 1.82) is 5.26 Å². The van der Waals surface area contributed by atoms with E-state index < -0.39 is 5.82 Å². The predicted molar refractivity (Wildman–Crippen MR) is 66.3 cm³/mol. The maximum absolute atomic E-state index is 13.4. The van der Waals surface area contributed by atoms with Crippen LogP contribution >= 0.6 is 0 Å². The number of benzene rings is 2. The van der Waals surface area contributed by atoms with Crippen LogP contribution in [-0.2, 0) is 6.61 Å². The summed E-state index contributed by atoms with van der Waals surface area (Å²) in [5, 5.41) is 8.90. The van der Waals surface area contributed by atoms with Crippen molar-refractivity contribution < 1.29 is 9.13 Å². The Kier molecular flexibility index (Phi) is 3.44. The Morgan fingerprint density at radius 3 is 2.56 bits per heavy atom. The lowest BCUT2D eigenvalue weighted by Gasteiger charge is -2.10. The van der Waals surface area contributed by atoms with Gasteiger partial charge in [-0.05, 0) is 17.7 Å². The van der Waals surface area contributed by atoms with Crippen molar-refractivity contribution >= 4 is 5.69 Å². The van der Waals surface area contributed by atoms with Crippen LogP contribution in [0.1, 0.15) is 11.1 Å². The number of nitrogen functional groups attached to an aromatic ring is 1. The quantitative estimate of drug-likeness (QED) is 0.842. The first-order valence-electron chi connectivity index (χ1n) is 5.37. The van der Waals surface area contributed by atoms with Crippen molar-refractivity contribution in [3.63, 3.8) is 0 Å². The molecule has 3 nitrogen and oxygen atoms in total. The molecule has 0 aliphatic heterocycles. The minimum absolute atomic E-state index is 0.0985. The van der Waals surface area contributed by atoms with E-state index in [9.17, 15) is 4.39 Å². The molecule has 0 atom stereocenters. The second kappa shape index (κ2) is 5.19. The van der Waals surface area contributed by atoms with E-state index in [1.165, 1.54) is 6.07 Å². The second-order valence-electron chi connectivity index (χ2n) is 3.73. The Hall–Kier alpha value is -2.54. The van der Waals surface area contributed by atoms with Gasteiger partial charge in [-0.3, -0.25) is 0 Å². The molecule has 0 fully saturated rings. The molecule has 4 heteroatoms. The molecule has 0 aliphatic carbocycles. The van der Waals surface area contributed by atoms with Gasteiger partial charge >= 0.3 is 0 Å². The first-order valence-corrected chi connectivity index (χ1v) is 5.37. The average Bonchev–Trinajstić information content (AvgIpc) is 2.41. The molecule has 0 aromatic heterocycles. The molecule has 2 N–H and O–H groups in total. The van der Waals surface area contributed by atoms with Gasteiger partial charge in [0, 0.05) is 0 Å². The number of hydrogen-bond donors (Lipinski definition) is 1. The summed E-state index contributed by atoms with van der Waals surface area (Å²) >= 11 is 0. The van der Waals surface area contributed by atoms with Crippen LogP contribution in [0.2, 0.25) is 0 Å². The standard InChI is InChI=1S/C14H11FN2O/c15-12-6-7-13(17)14(11(12)8-16)18-9-10-4-2-1-3-5-10/h1-7H,9,17H2. The number of rotatable bonds is 3. The number of nitrogens with two attached hydrogens (primary N) is 1. The fraction of sp³-hybridized carbons (Fsp3) is 0.0714. The normalized spacial score (nSPS) is 9.78. The first-order chi connectivity index (χ1) is 8.72. The van der Waals surface area contributed by atoms with Gasteiger partial charge in [-0.2, -0.15) is 5.26 Å². The third-order valence-corrected chi connectivity index (χ3v) is 2.48. The zero-order valence-corrected chi connectivity index (χ0v) is 9.56. The van der Waals surface area contributed by atoms with Crippen LogP contribution < -0.4 is 10.5 Å². The lowest BCUT2D eigenvalue weighted by molar-refractivity contribution is 0.305. The van der Waals surface area contributed by atoms with Crippen molar-refractivity contribution in [2.75, 3.05) is 5.73 Å². The summed E-state index contributed by atoms with van der Waals surface area (Å²) in [7, 11) is 0. The average molecular weight is 242 g/mol. The first kappa shape index (κ1) is 11.9. The Morgan fingerprint density at radius 1 is 1.17 bits per heavy atom. The van der Waals surface area contributed by atoms with Crippen LogP contribution in [0.25, 0.3) is 0 Å². The smallest absolute Gasteiger partial charge is 0.163 e. The van der Waals surface area contributed by atoms with Gasteiger partial charge in [-0.15, -0.1) is 0 Å². The Balaban J connectivity index is 2.25. The lowest BCUT2D eigenvalue weighted by atomic mass is 10.1. The SMILES string of the molecule is N#Cc1c(F)ccc(N)c1OCc1ccccc1. The molecule has 0 bridgehead atoms. The monoisotopic (exact) mass is 242 g/mol. The zero-order chi connectivity index (χ0) is 13.0. The second-order valence-corrected chi connectivity index (χ2v) is 3.73. The van der Waals surface area contributed by atoms with Gasteiger partial charge in [0.05, 0.1) is 5.69 Å². The molecule has 0 unspecified atom stereocenters. The minimum atomic E-state index is -0.630. The molecule has 0 saturated heterocycles. The summed E-state index contributed by atoms with van der Waals surface area (Å²) in [5.41, 5.74) is 6.70. The van der Waals surface area contributed by atoms with E-state index in [4.69, 9.17) is 15.7 Å². The van der Waals surface area contributed by atoms with Gasteiger partial charge in [0.1, 0.15) is 24.1 Å². The highest BCUT2D eigenvalue weighted by Gasteiger charge is 2.13. The van der Waals surface area contributed by atoms with E-state index >= 15 is 0 Å². The van der Waals surface area contributed by atoms with Gasteiger partial charge < -0.3 is 10.5 Å². The summed E-state index contributed by atoms with van der Waals surface area (Å²) < 4.78 is 18.8. The third-order valence-electron chi connectivity index (χ3n) is 2.48. The summed E-state index contributed by atoms with van der Waals surface area (Å²) in [6, 6.07) is 13.7. The molecule has 2 aromatic carbocycles. The zero-order valence-electron chi connectivity index (χ0n) is 9.56. The van der Waals surface area contributed by atoms with Gasteiger partial charge in [0.25, 0.3) is 0 Å². The number of halogens is 1. The fourth-order valence-corrected chi connectivity index (χ4v) is 1.56. The maximum Gasteiger partial charge on any atom is 0.163 e. The van der Waals surface area contributed by atoms with E-state index in [1.54, 1.807) is 6.07 Å². The van der Waals surface area contributed by atoms with E-state index in [2.05, 4.69) is 0 Å². The van der Waals surface area contributed by atoms with Gasteiger partial charge in [-0.1, -0.05) is 30.3 Å². The van der Waals surface area contributed by atoms with Crippen molar-refractivity contribution in [3.05, 3.63) is 59.4 Å². The van der Waals surface area contributed by atoms with E-state index in [1.807, 2.05) is 30.3 Å². The highest BCUT2D eigenvalue weighted by atomic mass is 19.1. The molecule has 2 aromatic rings. The fourth-order valence-electron chi connectivity index (χ4n) is 1.56. The summed E-state index contributed by atoms with van der Waals surface area (Å²) in [6.07, 6.45) is 0. The third kappa shape index (κ3) is 2.41. The number of anilines is 1. The highest BCUT2D eigenvalue weighted by molar-refractivity contribution is 5.61. The van der Waals surface area contributed by atoms with Crippen LogP contribution in [0.3, 0.4) is 0 Å². The van der Waals surface area contributed by atoms with Crippen LogP contribution in [0.4, 0.5) is 10.1 Å². The molecular weight excluding hydrogens is 231 g/mol. The van der Waals surface area contributed by atoms with E-state index in [0.29, 0.717) is 0 Å². The minimum Gasteiger partial charge on any atom is -0.485 e. The largest absolute Gasteiger partial charge is 0.485 e. The van der Waals surface area contributed by atoms with Crippen molar-refractivity contribution in [3.8, 4) is 11.8 Å². The molecule has 0 spiro atoms. The molecule has 2 rings (SSSR count). The van der Waals surface area contributed by atoms with E-state index in [-0.39, 0.29) is 23.6 Å². The lowest BCUT2D eigenvalue weighted by Crippen LogP contribution is -2.02. The summed E-state index contributed by atoms with van der Waals surface area (Å²) in [6.45, 7) is 0.239. The summed E-state index contributed by atoms with van der Waals surface area (Å²) in [5.74, 6) is -0.531. The van der Waals surface area contributed by atoms with Gasteiger partial charge in [0.15, 0.2) is 5.75 Å². The molecule has 0 saturated carbocycles. The number of nitriles is 1. The molecule has 0 radical (unpaired) electrons. The van der Waals surface area contributed by atoms with Gasteiger partial charge in [-0.25, -0.2) is 4.39 Å². The molecule has 18 heavy (non-hydrogen) atoms. The van der Waals surface area contributed by atoms with Crippen molar-refractivity contribution in [1.82, 2.24) is 0 Å². The van der Waals surface area contributed by atoms with Crippen LogP contribution in [0, 0.1) is 17.1 Å². The molecule has 90 valence electrons. The number of ether oxygens (including phenoxy) is 1. The summed E-state index contributed by atoms with van der Waals surface area (Å²) in [4.78, 5) is 0. The van der Waals surface area contributed by atoms with Crippen LogP contribution in [0.5, 0.6) is 5.75 Å². The number of nitrogens with zero attached hydrogens (tertiary/aromatic N) is 1. The molecule has 0 heterocycles. The molecule has 0 aliphatic rings. The maximum atomic E-state index is 13.4. The molecule has 0 amide bonds. The highest BCUT2D eigenvalue weighted by Crippen LogP contribution is 2.28. The Labute approximate surface area is 104 Å². The van der Waals surface area contributed by atoms with Crippen molar-refractivity contribution in [2.24, 2.45) is 0 Å². The van der Waals surface area contributed by atoms with Crippen molar-refractivity contribution in [2.45, 2.75) is 6.61 Å². The predicted octanol–water partition coefficient (Wildman–Crippen LogP) is 2.86. The van der Waals surface area contributed by atoms with Crippen LogP contribution in [-0.4, -0.2) is 0 Å². The van der Waals surface area contributed by atoms with E-state index in [0.717, 1.165) is 11.6 Å². The topological polar surface area (TPSA) is 59.0 Å². The Bertz CT molecular complexity index is 591.